The largest absolute Gasteiger partial charge is 0.380 e. The highest BCUT2D eigenvalue weighted by atomic mass is 32.1. The summed E-state index contributed by atoms with van der Waals surface area (Å²) in [5.74, 6) is 0. The van der Waals surface area contributed by atoms with Crippen molar-refractivity contribution in [2.45, 2.75) is 26.9 Å². The average Bonchev–Trinajstić information content (AvgIpc) is 2.83. The first kappa shape index (κ1) is 16.4. The smallest absolute Gasteiger partial charge is 0.0593 e. The highest BCUT2D eigenvalue weighted by Gasteiger charge is 2.13. The van der Waals surface area contributed by atoms with E-state index in [0.29, 0.717) is 0 Å². The minimum atomic E-state index is 0.793. The summed E-state index contributed by atoms with van der Waals surface area (Å²) in [6, 6.07) is 8.72. The Hall–Kier alpha value is -0.940. The fourth-order valence-electron chi connectivity index (χ4n) is 2.42. The molecule has 0 aliphatic carbocycles. The summed E-state index contributed by atoms with van der Waals surface area (Å²) in [7, 11) is 2.17. The summed E-state index contributed by atoms with van der Waals surface area (Å²) < 4.78 is 6.84. The normalized spacial score (nSPS) is 11.6. The van der Waals surface area contributed by atoms with E-state index in [1.807, 2.05) is 18.3 Å². The Morgan fingerprint density at radius 3 is 2.81 bits per heavy atom. The van der Waals surface area contributed by atoms with E-state index in [4.69, 9.17) is 4.74 Å². The van der Waals surface area contributed by atoms with Crippen LogP contribution < -0.4 is 5.32 Å². The molecule has 0 fully saturated rings. The molecule has 3 nitrogen and oxygen atoms in total. The van der Waals surface area contributed by atoms with Gasteiger partial charge < -0.3 is 10.1 Å². The van der Waals surface area contributed by atoms with Gasteiger partial charge in [-0.1, -0.05) is 25.1 Å². The molecule has 0 amide bonds. The van der Waals surface area contributed by atoms with Crippen LogP contribution in [0.4, 0.5) is 0 Å². The topological polar surface area (TPSA) is 24.5 Å². The lowest BCUT2D eigenvalue weighted by Crippen LogP contribution is -2.23. The zero-order valence-electron chi connectivity index (χ0n) is 13.3. The number of nitrogens with one attached hydrogen (secondary N) is 1. The molecule has 2 rings (SSSR count). The van der Waals surface area contributed by atoms with E-state index in [1.165, 1.54) is 20.5 Å². The maximum absolute atomic E-state index is 5.45. The van der Waals surface area contributed by atoms with Gasteiger partial charge in [-0.15, -0.1) is 11.3 Å². The van der Waals surface area contributed by atoms with Crippen LogP contribution in [0.15, 0.2) is 24.3 Å². The molecule has 0 saturated heterocycles. The van der Waals surface area contributed by atoms with Crippen molar-refractivity contribution in [3.05, 3.63) is 34.7 Å². The van der Waals surface area contributed by atoms with E-state index in [1.54, 1.807) is 0 Å². The van der Waals surface area contributed by atoms with Gasteiger partial charge in [-0.25, -0.2) is 0 Å². The van der Waals surface area contributed by atoms with Crippen molar-refractivity contribution in [3.8, 4) is 0 Å². The molecule has 0 aliphatic heterocycles. The third kappa shape index (κ3) is 4.51. The van der Waals surface area contributed by atoms with Crippen LogP contribution in [-0.2, 0) is 17.8 Å². The van der Waals surface area contributed by atoms with E-state index in [-0.39, 0.29) is 0 Å². The monoisotopic (exact) mass is 306 g/mol. The molecule has 0 radical (unpaired) electrons. The first-order chi connectivity index (χ1) is 10.3. The van der Waals surface area contributed by atoms with Gasteiger partial charge in [0.1, 0.15) is 0 Å². The number of nitrogens with zero attached hydrogens (tertiary/aromatic N) is 1. The van der Waals surface area contributed by atoms with Crippen LogP contribution in [-0.4, -0.2) is 38.3 Å². The predicted molar refractivity (Wildman–Crippen MR) is 92.0 cm³/mol. The van der Waals surface area contributed by atoms with Crippen LogP contribution in [0.3, 0.4) is 0 Å². The lowest BCUT2D eigenvalue weighted by Gasteiger charge is -2.17. The molecule has 0 aliphatic rings. The Balaban J connectivity index is 2.15. The summed E-state index contributed by atoms with van der Waals surface area (Å²) >= 11 is 1.91. The fraction of sp³-hybridized carbons (Fsp3) is 0.529. The molecule has 116 valence electrons. The van der Waals surface area contributed by atoms with E-state index in [2.05, 4.69) is 48.5 Å². The second-order valence-electron chi connectivity index (χ2n) is 5.21. The Kier molecular flexibility index (Phi) is 6.64. The summed E-state index contributed by atoms with van der Waals surface area (Å²) in [4.78, 5) is 3.81. The maximum Gasteiger partial charge on any atom is 0.0593 e. The molecule has 1 aromatic carbocycles. The van der Waals surface area contributed by atoms with Gasteiger partial charge in [0.05, 0.1) is 6.61 Å². The minimum Gasteiger partial charge on any atom is -0.380 e. The van der Waals surface area contributed by atoms with E-state index in [0.717, 1.165) is 39.4 Å². The highest BCUT2D eigenvalue weighted by Crippen LogP contribution is 2.32. The molecule has 1 N–H and O–H groups in total. The van der Waals surface area contributed by atoms with E-state index < -0.39 is 0 Å². The summed E-state index contributed by atoms with van der Waals surface area (Å²) in [5.41, 5.74) is 1.47. The third-order valence-corrected chi connectivity index (χ3v) is 4.78. The number of hydrogen-bond acceptors (Lipinski definition) is 4. The van der Waals surface area contributed by atoms with Gasteiger partial charge in [0, 0.05) is 35.8 Å². The molecular weight excluding hydrogens is 280 g/mol. The molecule has 2 aromatic rings. The molecule has 0 bridgehead atoms. The molecule has 1 aromatic heterocycles. The Labute approximate surface area is 131 Å². The first-order valence-corrected chi connectivity index (χ1v) is 8.54. The number of hydrogen-bond donors (Lipinski definition) is 1. The van der Waals surface area contributed by atoms with Crippen molar-refractivity contribution in [2.24, 2.45) is 0 Å². The second kappa shape index (κ2) is 8.49. The Bertz CT molecular complexity index is 553. The van der Waals surface area contributed by atoms with Gasteiger partial charge in [-0.3, -0.25) is 4.90 Å². The van der Waals surface area contributed by atoms with Crippen LogP contribution in [0.1, 0.15) is 24.3 Å². The molecule has 0 atom stereocenters. The van der Waals surface area contributed by atoms with Crippen LogP contribution in [0, 0.1) is 0 Å². The van der Waals surface area contributed by atoms with Gasteiger partial charge >= 0.3 is 0 Å². The van der Waals surface area contributed by atoms with Crippen LogP contribution >= 0.6 is 11.3 Å². The SMILES string of the molecule is CCNCc1sc2ccccc2c1CN(C)CCOCC. The van der Waals surface area contributed by atoms with Crippen molar-refractivity contribution in [3.63, 3.8) is 0 Å². The van der Waals surface area contributed by atoms with Crippen molar-refractivity contribution in [1.29, 1.82) is 0 Å². The number of fused-ring (bicyclic) bond motifs is 1. The number of benzene rings is 1. The zero-order valence-corrected chi connectivity index (χ0v) is 14.1. The number of thiophene rings is 1. The first-order valence-electron chi connectivity index (χ1n) is 7.72. The summed E-state index contributed by atoms with van der Waals surface area (Å²) in [5, 5.41) is 4.86. The van der Waals surface area contributed by atoms with Crippen LogP contribution in [0.25, 0.3) is 10.1 Å². The number of rotatable bonds is 9. The molecule has 4 heteroatoms. The number of likely N-dealkylation sites (N-methyl/N-ethyl adjacent to an activating group) is 1. The van der Waals surface area contributed by atoms with Crippen molar-refractivity contribution >= 4 is 21.4 Å². The van der Waals surface area contributed by atoms with Gasteiger partial charge in [-0.2, -0.15) is 0 Å². The lowest BCUT2D eigenvalue weighted by molar-refractivity contribution is 0.120. The van der Waals surface area contributed by atoms with Gasteiger partial charge in [0.2, 0.25) is 0 Å². The van der Waals surface area contributed by atoms with Crippen molar-refractivity contribution in [2.75, 3.05) is 33.4 Å². The van der Waals surface area contributed by atoms with Gasteiger partial charge in [-0.05, 0) is 37.5 Å². The second-order valence-corrected chi connectivity index (χ2v) is 6.35. The maximum atomic E-state index is 5.45. The Morgan fingerprint density at radius 2 is 2.05 bits per heavy atom. The standard InChI is InChI=1S/C17H26N2OS/c1-4-18-12-17-15(13-19(3)10-11-20-5-2)14-8-6-7-9-16(14)21-17/h6-9,18H,4-5,10-13H2,1-3H3. The molecule has 1 heterocycles. The molecule has 0 spiro atoms. The van der Waals surface area contributed by atoms with Crippen LogP contribution in [0.2, 0.25) is 0 Å². The van der Waals surface area contributed by atoms with E-state index in [9.17, 15) is 0 Å². The third-order valence-electron chi connectivity index (χ3n) is 3.57. The van der Waals surface area contributed by atoms with Crippen LogP contribution in [0.5, 0.6) is 0 Å². The Morgan fingerprint density at radius 1 is 1.24 bits per heavy atom. The molecular formula is C17H26N2OS. The highest BCUT2D eigenvalue weighted by molar-refractivity contribution is 7.19. The predicted octanol–water partition coefficient (Wildman–Crippen LogP) is 3.48. The van der Waals surface area contributed by atoms with Crippen molar-refractivity contribution < 1.29 is 4.74 Å². The molecule has 0 unspecified atom stereocenters. The van der Waals surface area contributed by atoms with Gasteiger partial charge in [0.25, 0.3) is 0 Å². The minimum absolute atomic E-state index is 0.793. The quantitative estimate of drug-likeness (QED) is 0.718. The van der Waals surface area contributed by atoms with Crippen molar-refractivity contribution in [1.82, 2.24) is 10.2 Å². The average molecular weight is 306 g/mol. The fourth-order valence-corrected chi connectivity index (χ4v) is 3.60. The summed E-state index contributed by atoms with van der Waals surface area (Å²) in [6.07, 6.45) is 0. The van der Waals surface area contributed by atoms with E-state index >= 15 is 0 Å². The summed E-state index contributed by atoms with van der Waals surface area (Å²) in [6.45, 7) is 9.72. The van der Waals surface area contributed by atoms with Gasteiger partial charge in [0.15, 0.2) is 0 Å². The molecule has 21 heavy (non-hydrogen) atoms. The molecule has 0 saturated carbocycles. The zero-order chi connectivity index (χ0) is 15.1. The number of ether oxygens (including phenoxy) is 1. The lowest BCUT2D eigenvalue weighted by atomic mass is 10.1.